The standard InChI is InChI=1S/C65H67N3O/c1-40(2)43-24-26-45(27-25-43)47-32-33-66-58(37-47)50-35-48(44-18-14-13-15-19-44)34-49(36-50)55-22-17-23-59-61(55)67-63(56-38-51(64(7,8)9)39-57(62(56)69)65(10,11)12)68(59)52-30-28-46(29-31-52)60-53(41(3)4)20-16-21-54(60)42(5)6/h13-42,69H,1-12H3/i40D,41D,42D. The molecule has 1 N–H and O–H groups in total. The van der Waals surface area contributed by atoms with Crippen LogP contribution in [0.4, 0.5) is 0 Å². The van der Waals surface area contributed by atoms with Gasteiger partial charge in [0.1, 0.15) is 11.6 Å². The van der Waals surface area contributed by atoms with Crippen molar-refractivity contribution in [3.8, 4) is 78.6 Å². The Bertz CT molecular complexity index is 3430. The van der Waals surface area contributed by atoms with Crippen LogP contribution in [0.3, 0.4) is 0 Å². The maximum atomic E-state index is 12.5. The summed E-state index contributed by atoms with van der Waals surface area (Å²) >= 11 is 0. The van der Waals surface area contributed by atoms with Gasteiger partial charge in [0.05, 0.1) is 22.3 Å². The highest BCUT2D eigenvalue weighted by Crippen LogP contribution is 2.46. The second-order valence-electron chi connectivity index (χ2n) is 21.3. The largest absolute Gasteiger partial charge is 0.507 e. The van der Waals surface area contributed by atoms with Crippen LogP contribution in [0.2, 0.25) is 0 Å². The lowest BCUT2D eigenvalue weighted by molar-refractivity contribution is 0.446. The number of aromatic hydroxyl groups is 1. The summed E-state index contributed by atoms with van der Waals surface area (Å²) in [5, 5.41) is 12.5. The van der Waals surface area contributed by atoms with E-state index in [1.165, 1.54) is 0 Å². The Balaban J connectivity index is 1.29. The molecule has 69 heavy (non-hydrogen) atoms. The molecule has 0 aliphatic rings. The molecule has 0 bridgehead atoms. The van der Waals surface area contributed by atoms with Crippen molar-refractivity contribution in [2.45, 2.75) is 112 Å². The van der Waals surface area contributed by atoms with E-state index in [4.69, 9.17) is 14.1 Å². The van der Waals surface area contributed by atoms with Gasteiger partial charge in [0.25, 0.3) is 0 Å². The molecule has 0 radical (unpaired) electrons. The molecule has 0 amide bonds. The molecular weight excluding hydrogens is 839 g/mol. The van der Waals surface area contributed by atoms with Crippen molar-refractivity contribution < 1.29 is 9.22 Å². The number of hydrogen-bond acceptors (Lipinski definition) is 3. The second-order valence-corrected chi connectivity index (χ2v) is 21.3. The second kappa shape index (κ2) is 18.5. The molecule has 7 aromatic carbocycles. The average Bonchev–Trinajstić information content (AvgIpc) is 3.72. The van der Waals surface area contributed by atoms with E-state index in [2.05, 4.69) is 161 Å². The predicted molar refractivity (Wildman–Crippen MR) is 293 cm³/mol. The van der Waals surface area contributed by atoms with Crippen LogP contribution in [0.15, 0.2) is 164 Å². The fraction of sp³-hybridized carbons (Fsp3) is 0.262. The normalized spacial score (nSPS) is 13.3. The summed E-state index contributed by atoms with van der Waals surface area (Å²) in [4.78, 5) is 10.6. The van der Waals surface area contributed by atoms with Gasteiger partial charge in [-0.15, -0.1) is 0 Å². The van der Waals surface area contributed by atoms with Crippen molar-refractivity contribution in [3.05, 3.63) is 192 Å². The Morgan fingerprint density at radius 3 is 1.74 bits per heavy atom. The fourth-order valence-corrected chi connectivity index (χ4v) is 9.55. The minimum atomic E-state index is -0.900. The van der Waals surface area contributed by atoms with E-state index in [9.17, 15) is 5.11 Å². The molecule has 4 nitrogen and oxygen atoms in total. The number of phenolic OH excluding ortho intramolecular Hbond substituents is 1. The highest BCUT2D eigenvalue weighted by atomic mass is 16.3. The first kappa shape index (κ1) is 43.3. The van der Waals surface area contributed by atoms with E-state index in [-0.39, 0.29) is 16.6 Å². The summed E-state index contributed by atoms with van der Waals surface area (Å²) in [6.07, 6.45) is 1.87. The van der Waals surface area contributed by atoms with Gasteiger partial charge in [-0.3, -0.25) is 9.55 Å². The zero-order valence-corrected chi connectivity index (χ0v) is 42.4. The lowest BCUT2D eigenvalue weighted by atomic mass is 9.79. The van der Waals surface area contributed by atoms with Crippen LogP contribution in [-0.4, -0.2) is 19.6 Å². The maximum Gasteiger partial charge on any atom is 0.149 e. The number of nitrogens with zero attached hydrogens (tertiary/aromatic N) is 3. The summed E-state index contributed by atoms with van der Waals surface area (Å²) < 4.78 is 29.0. The molecule has 0 spiro atoms. The van der Waals surface area contributed by atoms with Gasteiger partial charge >= 0.3 is 0 Å². The molecule has 0 fully saturated rings. The molecule has 348 valence electrons. The molecule has 2 aromatic heterocycles. The minimum absolute atomic E-state index is 0.205. The van der Waals surface area contributed by atoms with Gasteiger partial charge in [-0.05, 0) is 144 Å². The van der Waals surface area contributed by atoms with E-state index in [1.54, 1.807) is 0 Å². The zero-order valence-electron chi connectivity index (χ0n) is 45.4. The summed E-state index contributed by atoms with van der Waals surface area (Å²) in [5.41, 5.74) is 17.0. The van der Waals surface area contributed by atoms with Crippen molar-refractivity contribution >= 4 is 11.0 Å². The van der Waals surface area contributed by atoms with Gasteiger partial charge in [-0.2, -0.15) is 0 Å². The third kappa shape index (κ3) is 9.30. The van der Waals surface area contributed by atoms with Crippen LogP contribution in [0.25, 0.3) is 83.9 Å². The van der Waals surface area contributed by atoms with Crippen molar-refractivity contribution in [2.24, 2.45) is 0 Å². The monoisotopic (exact) mass is 909 g/mol. The minimum Gasteiger partial charge on any atom is -0.507 e. The van der Waals surface area contributed by atoms with E-state index < -0.39 is 17.7 Å². The quantitative estimate of drug-likeness (QED) is 0.149. The number of pyridine rings is 1. The van der Waals surface area contributed by atoms with E-state index in [1.807, 2.05) is 90.2 Å². The number of phenols is 1. The molecular formula is C65H67N3O. The molecule has 9 aromatic rings. The topological polar surface area (TPSA) is 50.9 Å². The molecule has 0 atom stereocenters. The first-order chi connectivity index (χ1) is 33.8. The SMILES string of the molecule is [2H]C(C)(C)c1ccc(-c2ccnc(-c3cc(-c4ccccc4)cc(-c4cccc5c4nc(-c4cc(C(C)(C)C)cc(C(C)(C)C)c4O)n5-c4ccc(-c5c(C([2H])(C)C)cccc5C([2H])(C)C)cc4)c3)c2)cc1. The number of aromatic nitrogens is 3. The smallest absolute Gasteiger partial charge is 0.149 e. The van der Waals surface area contributed by atoms with Crippen molar-refractivity contribution in [1.29, 1.82) is 0 Å². The summed E-state index contributed by atoms with van der Waals surface area (Å²) in [6.45, 7) is 24.4. The van der Waals surface area contributed by atoms with Gasteiger partial charge in [-0.1, -0.05) is 186 Å². The highest BCUT2D eigenvalue weighted by molar-refractivity contribution is 5.98. The van der Waals surface area contributed by atoms with Crippen LogP contribution in [0.1, 0.15) is 133 Å². The van der Waals surface area contributed by atoms with Crippen LogP contribution >= 0.6 is 0 Å². The van der Waals surface area contributed by atoms with Gasteiger partial charge in [-0.25, -0.2) is 4.98 Å². The molecule has 0 saturated carbocycles. The van der Waals surface area contributed by atoms with E-state index in [0.29, 0.717) is 11.4 Å². The van der Waals surface area contributed by atoms with Crippen LogP contribution in [0, 0.1) is 0 Å². The van der Waals surface area contributed by atoms with E-state index >= 15 is 0 Å². The van der Waals surface area contributed by atoms with Crippen molar-refractivity contribution in [2.75, 3.05) is 0 Å². The summed E-state index contributed by atoms with van der Waals surface area (Å²) in [7, 11) is 0. The van der Waals surface area contributed by atoms with E-state index in [0.717, 1.165) is 100 Å². The van der Waals surface area contributed by atoms with Gasteiger partial charge < -0.3 is 5.11 Å². The van der Waals surface area contributed by atoms with Crippen molar-refractivity contribution in [3.63, 3.8) is 0 Å². The molecule has 0 aliphatic carbocycles. The Kier molecular flexibility index (Phi) is 11.6. The van der Waals surface area contributed by atoms with Gasteiger partial charge in [0, 0.05) is 32.7 Å². The van der Waals surface area contributed by atoms with Gasteiger partial charge in [0.2, 0.25) is 0 Å². The molecule has 0 aliphatic heterocycles. The molecule has 4 heteroatoms. The Morgan fingerprint density at radius 1 is 0.507 bits per heavy atom. The lowest BCUT2D eigenvalue weighted by Crippen LogP contribution is -2.17. The fourth-order valence-electron chi connectivity index (χ4n) is 9.55. The number of para-hydroxylation sites is 1. The molecule has 0 saturated heterocycles. The molecule has 9 rings (SSSR count). The van der Waals surface area contributed by atoms with Crippen molar-refractivity contribution in [1.82, 2.24) is 14.5 Å². The van der Waals surface area contributed by atoms with Crippen LogP contribution < -0.4 is 0 Å². The van der Waals surface area contributed by atoms with Gasteiger partial charge in [0.15, 0.2) is 0 Å². The third-order valence-corrected chi connectivity index (χ3v) is 13.5. The predicted octanol–water partition coefficient (Wildman–Crippen LogP) is 18.1. The summed E-state index contributed by atoms with van der Waals surface area (Å²) in [5.74, 6) is -1.67. The van der Waals surface area contributed by atoms with Crippen LogP contribution in [0.5, 0.6) is 5.75 Å². The average molecular weight is 909 g/mol. The highest BCUT2D eigenvalue weighted by Gasteiger charge is 2.29. The first-order valence-electron chi connectivity index (χ1n) is 25.7. The Hall–Kier alpha value is -7.04. The molecule has 2 heterocycles. The third-order valence-electron chi connectivity index (χ3n) is 13.5. The Morgan fingerprint density at radius 2 is 1.12 bits per heavy atom. The number of imidazole rings is 1. The van der Waals surface area contributed by atoms with Crippen LogP contribution in [-0.2, 0) is 10.8 Å². The number of hydrogen-bond donors (Lipinski definition) is 1. The lowest BCUT2D eigenvalue weighted by Gasteiger charge is -2.27. The Labute approximate surface area is 415 Å². The number of rotatable bonds is 10. The molecule has 0 unspecified atom stereocenters. The zero-order chi connectivity index (χ0) is 51.7. The number of benzene rings is 7. The maximum absolute atomic E-state index is 12.5. The number of fused-ring (bicyclic) bond motifs is 1. The summed E-state index contributed by atoms with van der Waals surface area (Å²) in [6, 6.07) is 54.5. The first-order valence-corrected chi connectivity index (χ1v) is 24.2.